The summed E-state index contributed by atoms with van der Waals surface area (Å²) in [4.78, 5) is 1.22. The third-order valence-electron chi connectivity index (χ3n) is 2.69. The highest BCUT2D eigenvalue weighted by atomic mass is 79.9. The van der Waals surface area contributed by atoms with E-state index in [2.05, 4.69) is 45.5 Å². The van der Waals surface area contributed by atoms with Crippen molar-refractivity contribution in [2.45, 2.75) is 17.2 Å². The van der Waals surface area contributed by atoms with E-state index in [1.807, 2.05) is 19.2 Å². The first-order chi connectivity index (χ1) is 9.19. The van der Waals surface area contributed by atoms with Crippen LogP contribution in [0.2, 0.25) is 0 Å². The van der Waals surface area contributed by atoms with Crippen molar-refractivity contribution in [1.29, 1.82) is 0 Å². The zero-order valence-electron chi connectivity index (χ0n) is 10.6. The fraction of sp³-hybridized carbons (Fsp3) is 0.200. The van der Waals surface area contributed by atoms with E-state index in [-0.39, 0.29) is 5.82 Å². The van der Waals surface area contributed by atoms with E-state index in [1.54, 1.807) is 11.8 Å². The van der Waals surface area contributed by atoms with Crippen LogP contribution in [0, 0.1) is 5.82 Å². The maximum Gasteiger partial charge on any atom is 0.137 e. The summed E-state index contributed by atoms with van der Waals surface area (Å²) in [5, 5.41) is 3.13. The van der Waals surface area contributed by atoms with Crippen LogP contribution in [0.25, 0.3) is 0 Å². The number of halogens is 2. The van der Waals surface area contributed by atoms with Gasteiger partial charge in [-0.1, -0.05) is 18.2 Å². The van der Waals surface area contributed by atoms with Gasteiger partial charge in [0.2, 0.25) is 0 Å². The van der Waals surface area contributed by atoms with Gasteiger partial charge < -0.3 is 5.32 Å². The molecule has 2 aromatic carbocycles. The first-order valence-electron chi connectivity index (χ1n) is 5.99. The van der Waals surface area contributed by atoms with Gasteiger partial charge in [0, 0.05) is 17.2 Å². The van der Waals surface area contributed by atoms with E-state index in [4.69, 9.17) is 0 Å². The highest BCUT2D eigenvalue weighted by Gasteiger charge is 2.01. The SMILES string of the molecule is CNCc1ccc(SCc2ccc(F)c(Br)c2)cc1. The third kappa shape index (κ3) is 4.34. The lowest BCUT2D eigenvalue weighted by atomic mass is 10.2. The van der Waals surface area contributed by atoms with Gasteiger partial charge in [-0.05, 0) is 58.4 Å². The van der Waals surface area contributed by atoms with E-state index in [0.29, 0.717) is 4.47 Å². The van der Waals surface area contributed by atoms with Crippen molar-refractivity contribution in [3.8, 4) is 0 Å². The highest BCUT2D eigenvalue weighted by molar-refractivity contribution is 9.10. The zero-order chi connectivity index (χ0) is 13.7. The third-order valence-corrected chi connectivity index (χ3v) is 4.38. The predicted molar refractivity (Wildman–Crippen MR) is 82.9 cm³/mol. The van der Waals surface area contributed by atoms with Gasteiger partial charge in [-0.3, -0.25) is 0 Å². The summed E-state index contributed by atoms with van der Waals surface area (Å²) >= 11 is 4.96. The van der Waals surface area contributed by atoms with Crippen LogP contribution in [0.5, 0.6) is 0 Å². The van der Waals surface area contributed by atoms with Crippen LogP contribution < -0.4 is 5.32 Å². The normalized spacial score (nSPS) is 10.7. The minimum absolute atomic E-state index is 0.217. The van der Waals surface area contributed by atoms with Gasteiger partial charge in [0.25, 0.3) is 0 Å². The molecule has 2 aromatic rings. The molecule has 1 nitrogen and oxygen atoms in total. The fourth-order valence-corrected chi connectivity index (χ4v) is 2.97. The van der Waals surface area contributed by atoms with Crippen LogP contribution in [0.3, 0.4) is 0 Å². The van der Waals surface area contributed by atoms with Crippen molar-refractivity contribution in [3.05, 3.63) is 63.9 Å². The van der Waals surface area contributed by atoms with Crippen LogP contribution in [0.15, 0.2) is 51.8 Å². The Balaban J connectivity index is 1.96. The Labute approximate surface area is 125 Å². The number of benzene rings is 2. The quantitative estimate of drug-likeness (QED) is 0.799. The van der Waals surface area contributed by atoms with Gasteiger partial charge in [-0.15, -0.1) is 11.8 Å². The van der Waals surface area contributed by atoms with Crippen LogP contribution in [-0.2, 0) is 12.3 Å². The molecule has 0 saturated carbocycles. The van der Waals surface area contributed by atoms with Gasteiger partial charge in [-0.25, -0.2) is 4.39 Å². The van der Waals surface area contributed by atoms with Crippen LogP contribution in [0.4, 0.5) is 4.39 Å². The molecule has 0 spiro atoms. The molecule has 19 heavy (non-hydrogen) atoms. The molecule has 0 aliphatic carbocycles. The lowest BCUT2D eigenvalue weighted by Crippen LogP contribution is -2.04. The first kappa shape index (κ1) is 14.6. The summed E-state index contributed by atoms with van der Waals surface area (Å²) in [6.45, 7) is 0.885. The maximum atomic E-state index is 13.1. The van der Waals surface area contributed by atoms with Crippen LogP contribution >= 0.6 is 27.7 Å². The standard InChI is InChI=1S/C15H15BrFNS/c1-18-9-11-2-5-13(6-3-11)19-10-12-4-7-15(17)14(16)8-12/h2-8,18H,9-10H2,1H3. The smallest absolute Gasteiger partial charge is 0.137 e. The Kier molecular flexibility index (Phi) is 5.43. The number of thioether (sulfide) groups is 1. The van der Waals surface area contributed by atoms with Gasteiger partial charge >= 0.3 is 0 Å². The lowest BCUT2D eigenvalue weighted by Gasteiger charge is -2.05. The van der Waals surface area contributed by atoms with Crippen molar-refractivity contribution in [3.63, 3.8) is 0 Å². The Morgan fingerprint density at radius 2 is 1.79 bits per heavy atom. The van der Waals surface area contributed by atoms with Crippen molar-refractivity contribution in [2.24, 2.45) is 0 Å². The molecule has 0 aliphatic heterocycles. The number of hydrogen-bond acceptors (Lipinski definition) is 2. The molecule has 0 aromatic heterocycles. The van der Waals surface area contributed by atoms with Crippen molar-refractivity contribution < 1.29 is 4.39 Å². The predicted octanol–water partition coefficient (Wildman–Crippen LogP) is 4.60. The Morgan fingerprint density at radius 1 is 1.11 bits per heavy atom. The van der Waals surface area contributed by atoms with Crippen molar-refractivity contribution in [1.82, 2.24) is 5.32 Å². The number of rotatable bonds is 5. The molecule has 0 fully saturated rings. The van der Waals surface area contributed by atoms with E-state index in [1.165, 1.54) is 16.5 Å². The second-order valence-corrected chi connectivity index (χ2v) is 6.11. The lowest BCUT2D eigenvalue weighted by molar-refractivity contribution is 0.620. The van der Waals surface area contributed by atoms with Gasteiger partial charge in [0.15, 0.2) is 0 Å². The molecule has 0 aliphatic rings. The Hall–Kier alpha value is -0.840. The molecule has 0 atom stereocenters. The fourth-order valence-electron chi connectivity index (χ4n) is 1.70. The van der Waals surface area contributed by atoms with E-state index < -0.39 is 0 Å². The topological polar surface area (TPSA) is 12.0 Å². The second kappa shape index (κ2) is 7.08. The molecule has 0 amide bonds. The summed E-state index contributed by atoms with van der Waals surface area (Å²) in [6.07, 6.45) is 0. The Morgan fingerprint density at radius 3 is 2.42 bits per heavy atom. The molecule has 0 radical (unpaired) electrons. The van der Waals surface area contributed by atoms with Crippen LogP contribution in [0.1, 0.15) is 11.1 Å². The van der Waals surface area contributed by atoms with Gasteiger partial charge in [0.05, 0.1) is 4.47 Å². The van der Waals surface area contributed by atoms with Gasteiger partial charge in [-0.2, -0.15) is 0 Å². The van der Waals surface area contributed by atoms with Gasteiger partial charge in [0.1, 0.15) is 5.82 Å². The molecule has 0 bridgehead atoms. The maximum absolute atomic E-state index is 13.1. The second-order valence-electron chi connectivity index (χ2n) is 4.21. The summed E-state index contributed by atoms with van der Waals surface area (Å²) in [6, 6.07) is 13.6. The summed E-state index contributed by atoms with van der Waals surface area (Å²) in [5.41, 5.74) is 2.38. The van der Waals surface area contributed by atoms with E-state index in [9.17, 15) is 4.39 Å². The largest absolute Gasteiger partial charge is 0.316 e. The molecule has 2 rings (SSSR count). The number of nitrogens with one attached hydrogen (secondary N) is 1. The molecule has 100 valence electrons. The summed E-state index contributed by atoms with van der Waals surface area (Å²) in [7, 11) is 1.94. The summed E-state index contributed by atoms with van der Waals surface area (Å²) < 4.78 is 13.6. The van der Waals surface area contributed by atoms with Crippen LogP contribution in [-0.4, -0.2) is 7.05 Å². The molecule has 0 unspecified atom stereocenters. The molecule has 4 heteroatoms. The minimum Gasteiger partial charge on any atom is -0.316 e. The summed E-state index contributed by atoms with van der Waals surface area (Å²) in [5.74, 6) is 0.620. The van der Waals surface area contributed by atoms with Crippen molar-refractivity contribution in [2.75, 3.05) is 7.05 Å². The molecule has 1 N–H and O–H groups in total. The first-order valence-corrected chi connectivity index (χ1v) is 7.77. The average molecular weight is 340 g/mol. The molecule has 0 heterocycles. The van der Waals surface area contributed by atoms with E-state index in [0.717, 1.165) is 17.9 Å². The monoisotopic (exact) mass is 339 g/mol. The Bertz CT molecular complexity index is 542. The highest BCUT2D eigenvalue weighted by Crippen LogP contribution is 2.25. The molecular weight excluding hydrogens is 325 g/mol. The van der Waals surface area contributed by atoms with Crippen molar-refractivity contribution >= 4 is 27.7 Å². The molecule has 0 saturated heterocycles. The zero-order valence-corrected chi connectivity index (χ0v) is 13.0. The van der Waals surface area contributed by atoms with E-state index >= 15 is 0 Å². The minimum atomic E-state index is -0.217. The number of hydrogen-bond donors (Lipinski definition) is 1. The average Bonchev–Trinajstić information content (AvgIpc) is 2.42. The molecular formula is C15H15BrFNS.